The number of carbonyl (C=O) groups excluding carboxylic acids is 4. The molecule has 0 heterocycles. The van der Waals surface area contributed by atoms with Crippen molar-refractivity contribution in [1.82, 2.24) is 0 Å². The standard InChI is InChI=1S/C81H142O17P2/c1-5-9-13-17-21-25-29-33-35-36-37-38-40-44-48-52-56-60-64-68-81(86)98-77(71-91-78(83)65-61-57-53-49-45-41-31-27-23-19-15-11-7-3)74-96-100(89,90)94-70-75(82)69-93-99(87,88)95-73-76(97-80(85)67-63-59-55-51-47-42-32-28-24-20-16-12-8-4)72-92-79(84)66-62-58-54-50-46-43-39-34-30-26-22-18-14-10-6-2/h9,13,21,25,27-28,31-35,37-39,44,48,75-77,82H,5-8,10-12,14-20,22-24,26,29-30,36,40-43,45-47,49-74H2,1-4H3,(H,87,88)(H,89,90)/b13-9-,25-21-,31-27-,32-28-,35-33-,38-37-,39-34-,48-44-/t75-,76-,77-/m1/s1. The lowest BCUT2D eigenvalue weighted by Crippen LogP contribution is -2.30. The predicted octanol–water partition coefficient (Wildman–Crippen LogP) is 22.8. The molecule has 0 aromatic rings. The van der Waals surface area contributed by atoms with Gasteiger partial charge in [0.25, 0.3) is 0 Å². The molecule has 19 heteroatoms. The van der Waals surface area contributed by atoms with Crippen LogP contribution in [0.25, 0.3) is 0 Å². The van der Waals surface area contributed by atoms with E-state index in [2.05, 4.69) is 125 Å². The SMILES string of the molecule is CC/C=C\C/C=C\C/C=C\C/C=C\C/C=C\CCCCCC(=O)O[C@H](COC(=O)CCCCCCC/C=C\CCCCCC)COP(=O)(O)OC[C@H](O)COP(=O)(O)OC[C@@H](COC(=O)CCCCCCC/C=C\CCCCCCCC)OC(=O)CCCCCCC/C=C\CCCCCC. The molecule has 5 atom stereocenters. The first-order chi connectivity index (χ1) is 48.7. The van der Waals surface area contributed by atoms with Gasteiger partial charge in [0.1, 0.15) is 19.3 Å². The molecule has 0 aliphatic heterocycles. The zero-order valence-corrected chi connectivity index (χ0v) is 64.9. The number of carbonyl (C=O) groups is 4. The molecule has 0 aliphatic carbocycles. The van der Waals surface area contributed by atoms with Gasteiger partial charge in [0.05, 0.1) is 26.4 Å². The summed E-state index contributed by atoms with van der Waals surface area (Å²) >= 11 is 0. The Kier molecular flexibility index (Phi) is 70.4. The van der Waals surface area contributed by atoms with Crippen molar-refractivity contribution in [3.63, 3.8) is 0 Å². The Morgan fingerprint density at radius 1 is 0.290 bits per heavy atom. The van der Waals surface area contributed by atoms with Crippen molar-refractivity contribution in [3.05, 3.63) is 97.2 Å². The fourth-order valence-electron chi connectivity index (χ4n) is 10.5. The highest BCUT2D eigenvalue weighted by Crippen LogP contribution is 2.45. The van der Waals surface area contributed by atoms with Crippen LogP contribution in [0.3, 0.4) is 0 Å². The highest BCUT2D eigenvalue weighted by Gasteiger charge is 2.30. The summed E-state index contributed by atoms with van der Waals surface area (Å²) < 4.78 is 68.5. The molecular formula is C81H142O17P2. The van der Waals surface area contributed by atoms with Gasteiger partial charge in [-0.05, 0) is 148 Å². The van der Waals surface area contributed by atoms with E-state index in [9.17, 15) is 43.2 Å². The minimum Gasteiger partial charge on any atom is -0.462 e. The van der Waals surface area contributed by atoms with Crippen LogP contribution in [0, 0.1) is 0 Å². The van der Waals surface area contributed by atoms with Crippen LogP contribution in [0.5, 0.6) is 0 Å². The normalized spacial score (nSPS) is 14.4. The Morgan fingerprint density at radius 2 is 0.520 bits per heavy atom. The summed E-state index contributed by atoms with van der Waals surface area (Å²) in [6, 6.07) is 0. The number of ether oxygens (including phenoxy) is 4. The summed E-state index contributed by atoms with van der Waals surface area (Å²) in [7, 11) is -9.96. The number of hydrogen-bond donors (Lipinski definition) is 3. The molecule has 17 nitrogen and oxygen atoms in total. The Labute approximate surface area is 607 Å². The zero-order chi connectivity index (χ0) is 73.2. The fourth-order valence-corrected chi connectivity index (χ4v) is 12.0. The van der Waals surface area contributed by atoms with E-state index in [0.717, 1.165) is 167 Å². The van der Waals surface area contributed by atoms with Gasteiger partial charge in [0.15, 0.2) is 12.2 Å². The van der Waals surface area contributed by atoms with Crippen molar-refractivity contribution in [1.29, 1.82) is 0 Å². The summed E-state index contributed by atoms with van der Waals surface area (Å²) in [6.45, 7) is 4.69. The average molecular weight is 1450 g/mol. The zero-order valence-electron chi connectivity index (χ0n) is 63.1. The third-order valence-corrected chi connectivity index (χ3v) is 18.4. The maximum Gasteiger partial charge on any atom is 0.472 e. The van der Waals surface area contributed by atoms with Crippen LogP contribution in [0.4, 0.5) is 0 Å². The first-order valence-corrected chi connectivity index (χ1v) is 42.5. The lowest BCUT2D eigenvalue weighted by molar-refractivity contribution is -0.161. The monoisotopic (exact) mass is 1450 g/mol. The van der Waals surface area contributed by atoms with Crippen LogP contribution >= 0.6 is 15.6 Å². The number of unbranched alkanes of at least 4 members (excludes halogenated alkanes) is 32. The summed E-state index contributed by atoms with van der Waals surface area (Å²) in [5.74, 6) is -2.23. The Bertz CT molecular complexity index is 2270. The van der Waals surface area contributed by atoms with Gasteiger partial charge < -0.3 is 33.8 Å². The number of rotatable bonds is 74. The van der Waals surface area contributed by atoms with Crippen LogP contribution < -0.4 is 0 Å². The highest BCUT2D eigenvalue weighted by molar-refractivity contribution is 7.47. The number of phosphoric acid groups is 2. The van der Waals surface area contributed by atoms with Crippen molar-refractivity contribution >= 4 is 39.5 Å². The topological polar surface area (TPSA) is 237 Å². The summed E-state index contributed by atoms with van der Waals surface area (Å²) in [6.07, 6.45) is 76.7. The third-order valence-electron chi connectivity index (χ3n) is 16.5. The van der Waals surface area contributed by atoms with Gasteiger partial charge in [-0.2, -0.15) is 0 Å². The lowest BCUT2D eigenvalue weighted by atomic mass is 10.1. The van der Waals surface area contributed by atoms with Gasteiger partial charge in [-0.15, -0.1) is 0 Å². The van der Waals surface area contributed by atoms with E-state index in [1.807, 2.05) is 0 Å². The first kappa shape index (κ1) is 96.0. The van der Waals surface area contributed by atoms with Crippen molar-refractivity contribution in [2.45, 2.75) is 354 Å². The average Bonchev–Trinajstić information content (AvgIpc) is 0.929. The van der Waals surface area contributed by atoms with E-state index in [1.165, 1.54) is 89.9 Å². The maximum atomic E-state index is 13.1. The van der Waals surface area contributed by atoms with E-state index in [4.69, 9.17) is 37.0 Å². The number of aliphatic hydroxyl groups is 1. The highest BCUT2D eigenvalue weighted by atomic mass is 31.2. The second-order valence-corrected chi connectivity index (χ2v) is 29.2. The third kappa shape index (κ3) is 72.3. The second-order valence-electron chi connectivity index (χ2n) is 26.3. The fraction of sp³-hybridized carbons (Fsp3) is 0.753. The molecule has 578 valence electrons. The molecule has 0 spiro atoms. The molecule has 3 N–H and O–H groups in total. The predicted molar refractivity (Wildman–Crippen MR) is 409 cm³/mol. The molecule has 0 aromatic carbocycles. The first-order valence-electron chi connectivity index (χ1n) is 39.5. The van der Waals surface area contributed by atoms with Crippen molar-refractivity contribution < 1.29 is 80.2 Å². The molecule has 100 heavy (non-hydrogen) atoms. The van der Waals surface area contributed by atoms with Gasteiger partial charge in [-0.3, -0.25) is 37.3 Å². The van der Waals surface area contributed by atoms with E-state index >= 15 is 0 Å². The molecule has 0 bridgehead atoms. The molecule has 0 saturated carbocycles. The quantitative estimate of drug-likeness (QED) is 0.0169. The van der Waals surface area contributed by atoms with E-state index < -0.39 is 97.5 Å². The van der Waals surface area contributed by atoms with Gasteiger partial charge in [0, 0.05) is 25.7 Å². The summed E-state index contributed by atoms with van der Waals surface area (Å²) in [4.78, 5) is 72.9. The van der Waals surface area contributed by atoms with Gasteiger partial charge in [0.2, 0.25) is 0 Å². The molecule has 0 aliphatic rings. The number of esters is 4. The minimum absolute atomic E-state index is 0.0540. The summed E-state index contributed by atoms with van der Waals surface area (Å²) in [5, 5.41) is 10.6. The molecule has 0 fully saturated rings. The number of phosphoric ester groups is 2. The Hall–Kier alpha value is -4.02. The lowest BCUT2D eigenvalue weighted by Gasteiger charge is -2.21. The van der Waals surface area contributed by atoms with Crippen LogP contribution in [0.2, 0.25) is 0 Å². The van der Waals surface area contributed by atoms with Crippen molar-refractivity contribution in [2.24, 2.45) is 0 Å². The molecule has 2 unspecified atom stereocenters. The van der Waals surface area contributed by atoms with E-state index in [-0.39, 0.29) is 25.7 Å². The van der Waals surface area contributed by atoms with Crippen LogP contribution in [-0.2, 0) is 65.4 Å². The molecule has 0 rings (SSSR count). The second kappa shape index (κ2) is 73.3. The smallest absolute Gasteiger partial charge is 0.462 e. The van der Waals surface area contributed by atoms with Crippen LogP contribution in [0.15, 0.2) is 97.2 Å². The Balaban J connectivity index is 5.38. The Morgan fingerprint density at radius 3 is 0.830 bits per heavy atom. The van der Waals surface area contributed by atoms with Crippen LogP contribution in [0.1, 0.15) is 336 Å². The summed E-state index contributed by atoms with van der Waals surface area (Å²) in [5.41, 5.74) is 0. The largest absolute Gasteiger partial charge is 0.472 e. The minimum atomic E-state index is -4.99. The van der Waals surface area contributed by atoms with Crippen molar-refractivity contribution in [3.8, 4) is 0 Å². The van der Waals surface area contributed by atoms with Crippen LogP contribution in [-0.4, -0.2) is 96.7 Å². The van der Waals surface area contributed by atoms with E-state index in [1.54, 1.807) is 0 Å². The van der Waals surface area contributed by atoms with Gasteiger partial charge >= 0.3 is 39.5 Å². The number of aliphatic hydroxyl groups excluding tert-OH is 1. The number of hydrogen-bond acceptors (Lipinski definition) is 15. The molecule has 0 aromatic heterocycles. The van der Waals surface area contributed by atoms with E-state index in [0.29, 0.717) is 25.7 Å². The molecule has 0 saturated heterocycles. The van der Waals surface area contributed by atoms with Crippen molar-refractivity contribution in [2.75, 3.05) is 39.6 Å². The molecule has 0 amide bonds. The molecular weight excluding hydrogens is 1310 g/mol. The maximum absolute atomic E-state index is 13.1. The van der Waals surface area contributed by atoms with Gasteiger partial charge in [-0.1, -0.05) is 260 Å². The molecule has 0 radical (unpaired) electrons. The number of allylic oxidation sites excluding steroid dienone is 16. The van der Waals surface area contributed by atoms with Gasteiger partial charge in [-0.25, -0.2) is 9.13 Å².